The second-order valence-corrected chi connectivity index (χ2v) is 4.28. The molecule has 22 heavy (non-hydrogen) atoms. The summed E-state index contributed by atoms with van der Waals surface area (Å²) in [6.45, 7) is 2.01. The zero-order valence-corrected chi connectivity index (χ0v) is 14.2. The molecule has 0 atom stereocenters. The van der Waals surface area contributed by atoms with Gasteiger partial charge < -0.3 is 11.1 Å². The largest absolute Gasteiger partial charge is 1.00 e. The quantitative estimate of drug-likeness (QED) is 0.221. The molecule has 1 aromatic heterocycles. The van der Waals surface area contributed by atoms with E-state index in [1.807, 2.05) is 49.4 Å². The van der Waals surface area contributed by atoms with Crippen LogP contribution in [0.5, 0.6) is 0 Å². The van der Waals surface area contributed by atoms with E-state index in [2.05, 4.69) is 15.0 Å². The molecule has 3 aromatic rings. The first kappa shape index (κ1) is 17.8. The van der Waals surface area contributed by atoms with E-state index >= 15 is 0 Å². The summed E-state index contributed by atoms with van der Waals surface area (Å²) in [5, 5.41) is 5.62. The van der Waals surface area contributed by atoms with Gasteiger partial charge in [0.2, 0.25) is 0 Å². The van der Waals surface area contributed by atoms with Crippen molar-refractivity contribution in [2.24, 2.45) is 5.11 Å². The van der Waals surface area contributed by atoms with Gasteiger partial charge in [0.1, 0.15) is 0 Å². The van der Waals surface area contributed by atoms with E-state index in [1.54, 1.807) is 0 Å². The number of nitrogens with zero attached hydrogens (tertiary/aromatic N) is 7. The monoisotopic (exact) mass is 299 g/mol. The van der Waals surface area contributed by atoms with Gasteiger partial charge in [0.25, 0.3) is 0 Å². The third-order valence-electron chi connectivity index (χ3n) is 2.95. The maximum atomic E-state index is 8.75. The minimum atomic E-state index is 0. The molecule has 8 heteroatoms. The van der Waals surface area contributed by atoms with Crippen molar-refractivity contribution in [1.82, 2.24) is 4.98 Å². The average molecular weight is 299 g/mol. The van der Waals surface area contributed by atoms with Gasteiger partial charge in [-0.3, -0.25) is 4.91 Å². The fourth-order valence-electron chi connectivity index (χ4n) is 2.14. The summed E-state index contributed by atoms with van der Waals surface area (Å²) in [5.41, 5.74) is 25.7. The van der Waals surface area contributed by atoms with Crippen LogP contribution >= 0.6 is 0 Å². The number of pyridine rings is 1. The number of hydrogen-bond acceptors (Lipinski definition) is 2. The van der Waals surface area contributed by atoms with Crippen LogP contribution in [0.3, 0.4) is 0 Å². The average Bonchev–Trinajstić information content (AvgIpc) is 2.48. The minimum Gasteiger partial charge on any atom is -0.373 e. The van der Waals surface area contributed by atoms with Gasteiger partial charge in [-0.25, -0.2) is 4.98 Å². The molecular weight excluding hydrogens is 289 g/mol. The summed E-state index contributed by atoms with van der Waals surface area (Å²) in [6.07, 6.45) is 0. The smallest absolute Gasteiger partial charge is 0.373 e. The van der Waals surface area contributed by atoms with Crippen LogP contribution < -0.4 is 29.6 Å². The molecule has 0 saturated carbocycles. The topological polar surface area (TPSA) is 120 Å². The van der Waals surface area contributed by atoms with Crippen molar-refractivity contribution in [1.29, 1.82) is 0 Å². The molecule has 0 N–H and O–H groups in total. The Kier molecular flexibility index (Phi) is 6.66. The van der Waals surface area contributed by atoms with Gasteiger partial charge >= 0.3 is 29.6 Å². The Morgan fingerprint density at radius 1 is 0.955 bits per heavy atom. The maximum Gasteiger partial charge on any atom is 1.00 e. The number of rotatable bonds is 1. The van der Waals surface area contributed by atoms with Crippen LogP contribution in [0, 0.1) is 6.92 Å². The third kappa shape index (κ3) is 3.68. The van der Waals surface area contributed by atoms with Crippen LogP contribution in [0.15, 0.2) is 47.6 Å². The van der Waals surface area contributed by atoms with Gasteiger partial charge in [0.15, 0.2) is 0 Å². The molecule has 0 saturated heterocycles. The zero-order valence-electron chi connectivity index (χ0n) is 12.2. The molecule has 2 aromatic carbocycles. The molecule has 0 fully saturated rings. The molecule has 0 bridgehead atoms. The van der Waals surface area contributed by atoms with Gasteiger partial charge in [-0.15, -0.1) is 0 Å². The van der Waals surface area contributed by atoms with E-state index in [0.717, 1.165) is 27.4 Å². The summed E-state index contributed by atoms with van der Waals surface area (Å²) >= 11 is 0. The number of para-hydroxylation sites is 1. The Bertz CT molecular complexity index is 894. The molecule has 3 rings (SSSR count). The van der Waals surface area contributed by atoms with E-state index in [1.165, 1.54) is 4.91 Å². The number of aromatic nitrogens is 1. The standard InChI is InChI=1S/C14H10N4.N3.Na/c1-9-6-7-13-11(8-9)14(17-18-15)10-4-2-3-5-12(10)16-13;1-3-2;/h2-8H,1H3;;/q;-1;+1. The van der Waals surface area contributed by atoms with Gasteiger partial charge in [-0.1, -0.05) is 34.9 Å². The molecule has 0 aliphatic rings. The number of benzene rings is 2. The Morgan fingerprint density at radius 3 is 2.27 bits per heavy atom. The van der Waals surface area contributed by atoms with Gasteiger partial charge in [0, 0.05) is 15.7 Å². The normalized spacial score (nSPS) is 8.95. The molecule has 0 aliphatic heterocycles. The van der Waals surface area contributed by atoms with Gasteiger partial charge in [-0.05, 0) is 30.7 Å². The molecule has 0 amide bonds. The molecule has 0 unspecified atom stereocenters. The van der Waals surface area contributed by atoms with Crippen molar-refractivity contribution >= 4 is 27.5 Å². The van der Waals surface area contributed by atoms with Crippen molar-refractivity contribution in [2.75, 3.05) is 0 Å². The molecule has 102 valence electrons. The Balaban J connectivity index is 0.000000562. The van der Waals surface area contributed by atoms with E-state index in [4.69, 9.17) is 16.6 Å². The van der Waals surface area contributed by atoms with E-state index in [0.29, 0.717) is 5.69 Å². The van der Waals surface area contributed by atoms with Crippen LogP contribution in [0.4, 0.5) is 5.69 Å². The van der Waals surface area contributed by atoms with Gasteiger partial charge in [0.05, 0.1) is 16.7 Å². The second-order valence-electron chi connectivity index (χ2n) is 4.28. The van der Waals surface area contributed by atoms with E-state index in [9.17, 15) is 0 Å². The summed E-state index contributed by atoms with van der Waals surface area (Å²) in [5.74, 6) is 0. The van der Waals surface area contributed by atoms with Crippen molar-refractivity contribution in [3.63, 3.8) is 0 Å². The van der Waals surface area contributed by atoms with Crippen LogP contribution in [0.1, 0.15) is 5.56 Å². The van der Waals surface area contributed by atoms with Crippen LogP contribution in [-0.4, -0.2) is 4.98 Å². The number of fused-ring (bicyclic) bond motifs is 2. The third-order valence-corrected chi connectivity index (χ3v) is 2.95. The Morgan fingerprint density at radius 2 is 1.59 bits per heavy atom. The summed E-state index contributed by atoms with van der Waals surface area (Å²) < 4.78 is 0. The van der Waals surface area contributed by atoms with Crippen LogP contribution in [0.25, 0.3) is 48.2 Å². The summed E-state index contributed by atoms with van der Waals surface area (Å²) in [6, 6.07) is 13.6. The van der Waals surface area contributed by atoms with E-state index in [-0.39, 0.29) is 29.6 Å². The molecule has 0 spiro atoms. The predicted molar refractivity (Wildman–Crippen MR) is 82.9 cm³/mol. The van der Waals surface area contributed by atoms with Crippen LogP contribution in [-0.2, 0) is 0 Å². The molecular formula is C14H10N7Na. The van der Waals surface area contributed by atoms with Crippen LogP contribution in [0.2, 0.25) is 0 Å². The SMILES string of the molecule is Cc1ccc2nc3ccccc3c(N=[N+]=[N-])c2c1.[N-]=[N+]=[N-].[Na+]. The van der Waals surface area contributed by atoms with Crippen molar-refractivity contribution in [3.8, 4) is 0 Å². The second kappa shape index (κ2) is 8.24. The molecule has 7 nitrogen and oxygen atoms in total. The fraction of sp³-hybridized carbons (Fsp3) is 0.0714. The number of aryl methyl sites for hydroxylation is 1. The fourth-order valence-corrected chi connectivity index (χ4v) is 2.14. The Labute approximate surface area is 148 Å². The zero-order chi connectivity index (χ0) is 15.2. The predicted octanol–water partition coefficient (Wildman–Crippen LogP) is 2.51. The van der Waals surface area contributed by atoms with Crippen molar-refractivity contribution < 1.29 is 29.6 Å². The summed E-state index contributed by atoms with van der Waals surface area (Å²) in [7, 11) is 0. The van der Waals surface area contributed by atoms with Crippen molar-refractivity contribution in [2.45, 2.75) is 6.92 Å². The maximum absolute atomic E-state index is 8.75. The summed E-state index contributed by atoms with van der Waals surface area (Å²) in [4.78, 5) is 9.01. The van der Waals surface area contributed by atoms with Gasteiger partial charge in [-0.2, -0.15) is 0 Å². The van der Waals surface area contributed by atoms with Crippen molar-refractivity contribution in [3.05, 3.63) is 74.4 Å². The van der Waals surface area contributed by atoms with E-state index < -0.39 is 0 Å². The number of hydrogen-bond donors (Lipinski definition) is 0. The molecule has 0 aliphatic carbocycles. The molecule has 0 radical (unpaired) electrons. The first-order valence-electron chi connectivity index (χ1n) is 6.04. The molecule has 1 heterocycles. The number of azide groups is 1. The Hall–Kier alpha value is -2.27. The first-order chi connectivity index (χ1) is 10.2. The first-order valence-corrected chi connectivity index (χ1v) is 6.04. The minimum absolute atomic E-state index is 0.